The average molecular weight is 237 g/mol. The Morgan fingerprint density at radius 2 is 1.88 bits per heavy atom. The lowest BCUT2D eigenvalue weighted by Gasteiger charge is -2.26. The maximum absolute atomic E-state index is 12.1. The maximum atomic E-state index is 12.1. The number of alkyl halides is 3. The maximum Gasteiger partial charge on any atom is 0.471 e. The normalized spacial score (nSPS) is 33.2. The molecule has 0 spiro atoms. The fourth-order valence-corrected chi connectivity index (χ4v) is 2.47. The molecular weight excluding hydrogens is 227 g/mol. The largest absolute Gasteiger partial charge is 0.481 e. The van der Waals surface area contributed by atoms with Crippen LogP contribution in [0.1, 0.15) is 6.42 Å². The summed E-state index contributed by atoms with van der Waals surface area (Å²) in [5.41, 5.74) is 0. The van der Waals surface area contributed by atoms with E-state index in [0.29, 0.717) is 11.3 Å². The summed E-state index contributed by atoms with van der Waals surface area (Å²) in [5, 5.41) is 8.74. The number of carbonyl (C=O) groups is 2. The summed E-state index contributed by atoms with van der Waals surface area (Å²) in [6.07, 6.45) is -4.51. The first-order valence-corrected chi connectivity index (χ1v) is 4.91. The molecule has 4 nitrogen and oxygen atoms in total. The van der Waals surface area contributed by atoms with Crippen molar-refractivity contribution in [3.8, 4) is 0 Å². The summed E-state index contributed by atoms with van der Waals surface area (Å²) in [4.78, 5) is 22.3. The van der Waals surface area contributed by atoms with E-state index in [1.165, 1.54) is 0 Å². The quantitative estimate of drug-likeness (QED) is 0.731. The highest BCUT2D eigenvalue weighted by Gasteiger charge is 2.59. The summed E-state index contributed by atoms with van der Waals surface area (Å²) >= 11 is 0. The molecule has 1 heterocycles. The fraction of sp³-hybridized carbons (Fsp3) is 0.778. The van der Waals surface area contributed by atoms with E-state index in [1.807, 2.05) is 0 Å². The molecule has 2 fully saturated rings. The van der Waals surface area contributed by atoms with Crippen LogP contribution in [0.15, 0.2) is 0 Å². The van der Waals surface area contributed by atoms with Gasteiger partial charge in [0, 0.05) is 13.1 Å². The van der Waals surface area contributed by atoms with Gasteiger partial charge in [0.1, 0.15) is 0 Å². The Kier molecular flexibility index (Phi) is 2.36. The summed E-state index contributed by atoms with van der Waals surface area (Å²) in [5.74, 6) is -3.74. The Bertz CT molecular complexity index is 341. The zero-order valence-electron chi connectivity index (χ0n) is 8.20. The molecule has 0 bridgehead atoms. The molecule has 0 unspecified atom stereocenters. The SMILES string of the molecule is O=C(O)[C@@H]1[C@@H]2CCN(C(=O)C(F)(F)F)C[C@@H]21. The van der Waals surface area contributed by atoms with E-state index >= 15 is 0 Å². The van der Waals surface area contributed by atoms with Crippen molar-refractivity contribution in [2.24, 2.45) is 17.8 Å². The molecule has 2 aliphatic rings. The second-order valence-electron chi connectivity index (χ2n) is 4.23. The first-order chi connectivity index (χ1) is 7.32. The summed E-state index contributed by atoms with van der Waals surface area (Å²) in [6.45, 7) is -0.0801. The van der Waals surface area contributed by atoms with Crippen molar-refractivity contribution in [3.05, 3.63) is 0 Å². The number of carboxylic acid groups (broad SMARTS) is 1. The predicted molar refractivity (Wildman–Crippen MR) is 45.4 cm³/mol. The summed E-state index contributed by atoms with van der Waals surface area (Å²) in [6, 6.07) is 0. The highest BCUT2D eigenvalue weighted by atomic mass is 19.4. The second-order valence-corrected chi connectivity index (χ2v) is 4.23. The van der Waals surface area contributed by atoms with Gasteiger partial charge in [0.25, 0.3) is 0 Å². The van der Waals surface area contributed by atoms with E-state index in [-0.39, 0.29) is 24.9 Å². The number of hydrogen-bond donors (Lipinski definition) is 1. The van der Waals surface area contributed by atoms with E-state index in [1.54, 1.807) is 0 Å². The fourth-order valence-electron chi connectivity index (χ4n) is 2.47. The third-order valence-electron chi connectivity index (χ3n) is 3.31. The molecule has 1 aliphatic heterocycles. The molecule has 1 amide bonds. The number of halogens is 3. The first kappa shape index (κ1) is 11.2. The lowest BCUT2D eigenvalue weighted by molar-refractivity contribution is -0.186. The van der Waals surface area contributed by atoms with Crippen LogP contribution in [0.5, 0.6) is 0 Å². The molecule has 0 aromatic carbocycles. The van der Waals surface area contributed by atoms with Gasteiger partial charge in [-0.2, -0.15) is 13.2 Å². The van der Waals surface area contributed by atoms with Crippen molar-refractivity contribution in [2.45, 2.75) is 12.6 Å². The van der Waals surface area contributed by atoms with Crippen LogP contribution in [0.4, 0.5) is 13.2 Å². The monoisotopic (exact) mass is 237 g/mol. The smallest absolute Gasteiger partial charge is 0.471 e. The molecule has 0 radical (unpaired) electrons. The predicted octanol–water partition coefficient (Wildman–Crippen LogP) is 0.728. The van der Waals surface area contributed by atoms with Gasteiger partial charge in [-0.15, -0.1) is 0 Å². The van der Waals surface area contributed by atoms with Gasteiger partial charge in [0.15, 0.2) is 0 Å². The van der Waals surface area contributed by atoms with Crippen molar-refractivity contribution in [3.63, 3.8) is 0 Å². The van der Waals surface area contributed by atoms with Gasteiger partial charge in [-0.25, -0.2) is 0 Å². The van der Waals surface area contributed by atoms with E-state index in [9.17, 15) is 22.8 Å². The van der Waals surface area contributed by atoms with Crippen molar-refractivity contribution in [1.29, 1.82) is 0 Å². The average Bonchev–Trinajstić information content (AvgIpc) is 2.87. The number of amides is 1. The van der Waals surface area contributed by atoms with Crippen LogP contribution in [0.25, 0.3) is 0 Å². The van der Waals surface area contributed by atoms with Crippen molar-refractivity contribution in [2.75, 3.05) is 13.1 Å². The number of piperidine rings is 1. The van der Waals surface area contributed by atoms with Crippen LogP contribution in [0.2, 0.25) is 0 Å². The Balaban J connectivity index is 1.98. The molecule has 1 saturated carbocycles. The number of aliphatic carboxylic acids is 1. The number of fused-ring (bicyclic) bond motifs is 1. The number of rotatable bonds is 1. The number of carboxylic acids is 1. The van der Waals surface area contributed by atoms with Crippen LogP contribution >= 0.6 is 0 Å². The Morgan fingerprint density at radius 1 is 1.25 bits per heavy atom. The lowest BCUT2D eigenvalue weighted by Crippen LogP contribution is -2.44. The van der Waals surface area contributed by atoms with Gasteiger partial charge in [-0.3, -0.25) is 9.59 Å². The molecule has 2 rings (SSSR count). The van der Waals surface area contributed by atoms with Gasteiger partial charge in [0.05, 0.1) is 5.92 Å². The van der Waals surface area contributed by atoms with Crippen LogP contribution in [-0.2, 0) is 9.59 Å². The molecule has 90 valence electrons. The summed E-state index contributed by atoms with van der Waals surface area (Å²) < 4.78 is 36.4. The van der Waals surface area contributed by atoms with Gasteiger partial charge in [-0.05, 0) is 18.3 Å². The Labute approximate surface area is 89.0 Å². The van der Waals surface area contributed by atoms with Crippen LogP contribution in [0, 0.1) is 17.8 Å². The molecular formula is C9H10F3NO3. The minimum atomic E-state index is -4.86. The van der Waals surface area contributed by atoms with Crippen molar-refractivity contribution < 1.29 is 27.9 Å². The second kappa shape index (κ2) is 3.36. The molecule has 1 aliphatic carbocycles. The minimum absolute atomic E-state index is 0.00326. The molecule has 0 aromatic heterocycles. The molecule has 0 aromatic rings. The van der Waals surface area contributed by atoms with Gasteiger partial charge in [0.2, 0.25) is 0 Å². The molecule has 1 saturated heterocycles. The van der Waals surface area contributed by atoms with E-state index in [2.05, 4.69) is 0 Å². The number of likely N-dealkylation sites (tertiary alicyclic amines) is 1. The highest BCUT2D eigenvalue weighted by Crippen LogP contribution is 2.51. The van der Waals surface area contributed by atoms with Crippen LogP contribution < -0.4 is 0 Å². The van der Waals surface area contributed by atoms with Crippen molar-refractivity contribution >= 4 is 11.9 Å². The van der Waals surface area contributed by atoms with Gasteiger partial charge in [-0.1, -0.05) is 0 Å². The van der Waals surface area contributed by atoms with Gasteiger partial charge < -0.3 is 10.0 Å². The molecule has 7 heteroatoms. The highest BCUT2D eigenvalue weighted by molar-refractivity contribution is 5.82. The zero-order valence-corrected chi connectivity index (χ0v) is 8.20. The molecule has 16 heavy (non-hydrogen) atoms. The third kappa shape index (κ3) is 1.74. The Hall–Kier alpha value is -1.27. The number of hydrogen-bond acceptors (Lipinski definition) is 2. The standard InChI is InChI=1S/C9H10F3NO3/c10-9(11,12)8(16)13-2-1-4-5(3-13)6(4)7(14)15/h4-6H,1-3H2,(H,14,15)/t4-,5+,6-/m1/s1. The van der Waals surface area contributed by atoms with E-state index < -0.39 is 24.0 Å². The first-order valence-electron chi connectivity index (χ1n) is 4.91. The van der Waals surface area contributed by atoms with Crippen LogP contribution in [-0.4, -0.2) is 41.1 Å². The topological polar surface area (TPSA) is 57.6 Å². The minimum Gasteiger partial charge on any atom is -0.481 e. The number of carbonyl (C=O) groups excluding carboxylic acids is 1. The summed E-state index contributed by atoms with van der Waals surface area (Å²) in [7, 11) is 0. The molecule has 1 N–H and O–H groups in total. The van der Waals surface area contributed by atoms with E-state index in [4.69, 9.17) is 5.11 Å². The molecule has 3 atom stereocenters. The Morgan fingerprint density at radius 3 is 2.38 bits per heavy atom. The lowest BCUT2D eigenvalue weighted by atomic mass is 10.1. The third-order valence-corrected chi connectivity index (χ3v) is 3.31. The van der Waals surface area contributed by atoms with E-state index in [0.717, 1.165) is 0 Å². The van der Waals surface area contributed by atoms with Crippen molar-refractivity contribution in [1.82, 2.24) is 4.90 Å². The zero-order chi connectivity index (χ0) is 12.1. The number of nitrogens with zero attached hydrogens (tertiary/aromatic N) is 1. The van der Waals surface area contributed by atoms with Crippen LogP contribution in [0.3, 0.4) is 0 Å². The van der Waals surface area contributed by atoms with Gasteiger partial charge >= 0.3 is 18.1 Å².